The van der Waals surface area contributed by atoms with Crippen LogP contribution < -0.4 is 20.7 Å². The Morgan fingerprint density at radius 3 is 2.65 bits per heavy atom. The quantitative estimate of drug-likeness (QED) is 0.639. The summed E-state index contributed by atoms with van der Waals surface area (Å²) in [6, 6.07) is 12.9. The molecule has 8 nitrogen and oxygen atoms in total. The maximum absolute atomic E-state index is 12.4. The highest BCUT2D eigenvalue weighted by molar-refractivity contribution is 6.21. The third kappa shape index (κ3) is 3.87. The van der Waals surface area contributed by atoms with Gasteiger partial charge in [-0.3, -0.25) is 19.3 Å². The maximum atomic E-state index is 12.4. The Balaban J connectivity index is 1.66. The van der Waals surface area contributed by atoms with Gasteiger partial charge in [0.25, 0.3) is 5.56 Å². The van der Waals surface area contributed by atoms with E-state index >= 15 is 0 Å². The van der Waals surface area contributed by atoms with E-state index in [0.717, 1.165) is 21.4 Å². The van der Waals surface area contributed by atoms with Gasteiger partial charge in [0.05, 0.1) is 19.9 Å². The minimum absolute atomic E-state index is 0.00469. The van der Waals surface area contributed by atoms with E-state index in [1.165, 1.54) is 6.08 Å². The molecular formula is C23H21N3O5. The van der Waals surface area contributed by atoms with Crippen LogP contribution in [0, 0.1) is 0 Å². The SMILES string of the molecule is COc1ccc(CCn2c(O)c(C=C3C=Nc4ccccc43)c(=O)[nH]c2=O)cc1OC. The number of hydrogen-bond acceptors (Lipinski definition) is 6. The summed E-state index contributed by atoms with van der Waals surface area (Å²) in [7, 11) is 3.10. The molecule has 0 bridgehead atoms. The van der Waals surface area contributed by atoms with Crippen LogP contribution in [0.4, 0.5) is 5.69 Å². The molecule has 0 saturated heterocycles. The molecule has 0 saturated carbocycles. The lowest BCUT2D eigenvalue weighted by molar-refractivity contribution is 0.354. The van der Waals surface area contributed by atoms with Gasteiger partial charge in [-0.2, -0.15) is 0 Å². The van der Waals surface area contributed by atoms with Crippen LogP contribution in [0.25, 0.3) is 11.6 Å². The van der Waals surface area contributed by atoms with Gasteiger partial charge in [-0.15, -0.1) is 0 Å². The summed E-state index contributed by atoms with van der Waals surface area (Å²) in [5, 5.41) is 10.7. The van der Waals surface area contributed by atoms with Crippen LogP contribution in [0.2, 0.25) is 0 Å². The van der Waals surface area contributed by atoms with E-state index in [9.17, 15) is 14.7 Å². The van der Waals surface area contributed by atoms with Crippen molar-refractivity contribution in [1.82, 2.24) is 9.55 Å². The van der Waals surface area contributed by atoms with Crippen molar-refractivity contribution in [3.8, 4) is 17.4 Å². The topological polar surface area (TPSA) is 106 Å². The molecule has 0 atom stereocenters. The second-order valence-corrected chi connectivity index (χ2v) is 6.96. The van der Waals surface area contributed by atoms with Gasteiger partial charge in [-0.25, -0.2) is 4.79 Å². The highest BCUT2D eigenvalue weighted by Crippen LogP contribution is 2.32. The number of H-pyrrole nitrogens is 1. The number of allylic oxidation sites excluding steroid dienone is 1. The molecule has 1 aromatic heterocycles. The lowest BCUT2D eigenvalue weighted by Gasteiger charge is -2.12. The van der Waals surface area contributed by atoms with Crippen molar-refractivity contribution in [2.75, 3.05) is 14.2 Å². The molecule has 0 fully saturated rings. The molecule has 8 heteroatoms. The molecule has 0 amide bonds. The first kappa shape index (κ1) is 20.2. The normalized spacial score (nSPS) is 13.4. The fourth-order valence-electron chi connectivity index (χ4n) is 3.50. The Kier molecular flexibility index (Phi) is 5.44. The first-order valence-corrected chi connectivity index (χ1v) is 9.64. The van der Waals surface area contributed by atoms with Crippen LogP contribution in [-0.2, 0) is 13.0 Å². The van der Waals surface area contributed by atoms with Crippen LogP contribution in [0.1, 0.15) is 16.7 Å². The van der Waals surface area contributed by atoms with Gasteiger partial charge >= 0.3 is 5.69 Å². The minimum atomic E-state index is -0.675. The zero-order valence-electron chi connectivity index (χ0n) is 17.1. The van der Waals surface area contributed by atoms with Crippen LogP contribution in [0.15, 0.2) is 57.0 Å². The number of aromatic hydroxyl groups is 1. The number of rotatable bonds is 6. The lowest BCUT2D eigenvalue weighted by atomic mass is 10.1. The lowest BCUT2D eigenvalue weighted by Crippen LogP contribution is -2.32. The van der Waals surface area contributed by atoms with E-state index in [0.29, 0.717) is 23.5 Å². The van der Waals surface area contributed by atoms with E-state index < -0.39 is 11.2 Å². The fraction of sp³-hybridized carbons (Fsp3) is 0.174. The highest BCUT2D eigenvalue weighted by atomic mass is 16.5. The summed E-state index contributed by atoms with van der Waals surface area (Å²) >= 11 is 0. The van der Waals surface area contributed by atoms with Crippen molar-refractivity contribution in [1.29, 1.82) is 0 Å². The van der Waals surface area contributed by atoms with Gasteiger partial charge < -0.3 is 14.6 Å². The molecule has 3 aromatic rings. The number of aliphatic imine (C=N–C) groups is 1. The number of aromatic nitrogens is 2. The van der Waals surface area contributed by atoms with Crippen molar-refractivity contribution in [2.24, 2.45) is 4.99 Å². The van der Waals surface area contributed by atoms with Crippen molar-refractivity contribution in [3.63, 3.8) is 0 Å². The van der Waals surface area contributed by atoms with Gasteiger partial charge in [0.1, 0.15) is 5.56 Å². The summed E-state index contributed by atoms with van der Waals surface area (Å²) < 4.78 is 11.7. The standard InChI is InChI=1S/C23H21N3O5/c1-30-19-8-7-14(11-20(19)31-2)9-10-26-22(28)17(21(27)25-23(26)29)12-15-13-24-18-6-4-3-5-16(15)18/h3-8,11-13,28H,9-10H2,1-2H3,(H,25,27,29). The predicted octanol–water partition coefficient (Wildman–Crippen LogP) is 2.76. The number of hydrogen-bond donors (Lipinski definition) is 2. The van der Waals surface area contributed by atoms with Gasteiger partial charge in [0, 0.05) is 23.9 Å². The predicted molar refractivity (Wildman–Crippen MR) is 119 cm³/mol. The van der Waals surface area contributed by atoms with E-state index in [1.807, 2.05) is 30.3 Å². The zero-order valence-corrected chi connectivity index (χ0v) is 17.1. The Hall–Kier alpha value is -4.07. The molecule has 0 aliphatic carbocycles. The van der Waals surface area contributed by atoms with E-state index in [4.69, 9.17) is 9.47 Å². The maximum Gasteiger partial charge on any atom is 0.331 e. The Labute approximate surface area is 177 Å². The Morgan fingerprint density at radius 2 is 1.87 bits per heavy atom. The van der Waals surface area contributed by atoms with Crippen molar-refractivity contribution >= 4 is 23.6 Å². The molecule has 1 aliphatic heterocycles. The van der Waals surface area contributed by atoms with Crippen molar-refractivity contribution in [2.45, 2.75) is 13.0 Å². The zero-order chi connectivity index (χ0) is 22.0. The molecule has 158 valence electrons. The summed E-state index contributed by atoms with van der Waals surface area (Å²) in [4.78, 5) is 31.3. The average molecular weight is 419 g/mol. The van der Waals surface area contributed by atoms with Crippen LogP contribution in [0.5, 0.6) is 17.4 Å². The number of benzene rings is 2. The van der Waals surface area contributed by atoms with Crippen molar-refractivity contribution in [3.05, 3.63) is 80.0 Å². The fourth-order valence-corrected chi connectivity index (χ4v) is 3.50. The molecule has 4 rings (SSSR count). The number of nitrogens with one attached hydrogen (secondary N) is 1. The molecule has 0 unspecified atom stereocenters. The second kappa shape index (κ2) is 8.35. The van der Waals surface area contributed by atoms with E-state index in [1.54, 1.807) is 32.6 Å². The molecule has 0 spiro atoms. The number of fused-ring (bicyclic) bond motifs is 1. The number of aryl methyl sites for hydroxylation is 1. The first-order chi connectivity index (χ1) is 15.0. The molecule has 2 aromatic carbocycles. The highest BCUT2D eigenvalue weighted by Gasteiger charge is 2.17. The summed E-state index contributed by atoms with van der Waals surface area (Å²) in [5.74, 6) is 0.782. The number of aromatic amines is 1. The second-order valence-electron chi connectivity index (χ2n) is 6.96. The van der Waals surface area contributed by atoms with Gasteiger partial charge in [0.15, 0.2) is 11.5 Å². The smallest absolute Gasteiger partial charge is 0.331 e. The van der Waals surface area contributed by atoms with E-state index in [2.05, 4.69) is 9.98 Å². The summed E-state index contributed by atoms with van der Waals surface area (Å²) in [5.41, 5.74) is 1.87. The third-order valence-corrected chi connectivity index (χ3v) is 5.14. The first-order valence-electron chi connectivity index (χ1n) is 9.64. The third-order valence-electron chi connectivity index (χ3n) is 5.14. The molecule has 2 heterocycles. The number of nitrogens with zero attached hydrogens (tertiary/aromatic N) is 2. The Morgan fingerprint density at radius 1 is 1.10 bits per heavy atom. The summed E-state index contributed by atoms with van der Waals surface area (Å²) in [6.07, 6.45) is 3.60. The minimum Gasteiger partial charge on any atom is -0.494 e. The van der Waals surface area contributed by atoms with Gasteiger partial charge in [-0.05, 0) is 36.3 Å². The van der Waals surface area contributed by atoms with Crippen LogP contribution >= 0.6 is 0 Å². The van der Waals surface area contributed by atoms with E-state index in [-0.39, 0.29) is 18.0 Å². The molecular weight excluding hydrogens is 398 g/mol. The monoisotopic (exact) mass is 419 g/mol. The number of ether oxygens (including phenoxy) is 2. The molecule has 0 radical (unpaired) electrons. The Bertz CT molecular complexity index is 1320. The average Bonchev–Trinajstić information content (AvgIpc) is 3.19. The van der Waals surface area contributed by atoms with Gasteiger partial charge in [0.2, 0.25) is 5.88 Å². The molecule has 2 N–H and O–H groups in total. The molecule has 31 heavy (non-hydrogen) atoms. The van der Waals surface area contributed by atoms with Crippen molar-refractivity contribution < 1.29 is 14.6 Å². The number of para-hydroxylation sites is 1. The number of methoxy groups -OCH3 is 2. The van der Waals surface area contributed by atoms with Crippen LogP contribution in [-0.4, -0.2) is 35.1 Å². The largest absolute Gasteiger partial charge is 0.494 e. The van der Waals surface area contributed by atoms with Gasteiger partial charge in [-0.1, -0.05) is 24.3 Å². The summed E-state index contributed by atoms with van der Waals surface area (Å²) in [6.45, 7) is 0.164. The molecule has 1 aliphatic rings. The van der Waals surface area contributed by atoms with Crippen LogP contribution in [0.3, 0.4) is 0 Å².